The van der Waals surface area contributed by atoms with Crippen molar-refractivity contribution in [2.75, 3.05) is 37.7 Å². The van der Waals surface area contributed by atoms with Crippen molar-refractivity contribution in [3.63, 3.8) is 0 Å². The maximum atomic E-state index is 13.9. The molecular weight excluding hydrogens is 373 g/mol. The summed E-state index contributed by atoms with van der Waals surface area (Å²) < 4.78 is 21.1. The number of esters is 1. The van der Waals surface area contributed by atoms with Crippen LogP contribution >= 0.6 is 0 Å². The number of nitrogens with zero attached hydrogens (tertiary/aromatic N) is 3. The Morgan fingerprint density at radius 3 is 2.45 bits per heavy atom. The monoisotopic (exact) mass is 395 g/mol. The van der Waals surface area contributed by atoms with Crippen molar-refractivity contribution >= 4 is 28.5 Å². The van der Waals surface area contributed by atoms with Crippen LogP contribution in [0.5, 0.6) is 0 Å². The number of halogens is 1. The third-order valence-corrected chi connectivity index (χ3v) is 5.27. The van der Waals surface area contributed by atoms with Crippen LogP contribution in [-0.2, 0) is 16.6 Å². The Hall–Kier alpha value is -3.35. The Labute approximate surface area is 168 Å². The largest absolute Gasteiger partial charge is 0.452 e. The minimum Gasteiger partial charge on any atom is -0.452 e. The van der Waals surface area contributed by atoms with Crippen molar-refractivity contribution in [2.45, 2.75) is 0 Å². The van der Waals surface area contributed by atoms with Gasteiger partial charge in [0.1, 0.15) is 5.82 Å². The quantitative estimate of drug-likeness (QED) is 0.638. The van der Waals surface area contributed by atoms with E-state index in [1.165, 1.54) is 6.07 Å². The minimum absolute atomic E-state index is 0.244. The molecule has 1 saturated heterocycles. The van der Waals surface area contributed by atoms with E-state index in [0.717, 1.165) is 10.9 Å². The van der Waals surface area contributed by atoms with E-state index in [9.17, 15) is 14.0 Å². The first-order valence-corrected chi connectivity index (χ1v) is 9.53. The molecule has 1 aromatic heterocycles. The van der Waals surface area contributed by atoms with Gasteiger partial charge in [0.2, 0.25) is 0 Å². The van der Waals surface area contributed by atoms with Crippen molar-refractivity contribution < 1.29 is 18.7 Å². The lowest BCUT2D eigenvalue weighted by Crippen LogP contribution is -2.50. The van der Waals surface area contributed by atoms with Crippen molar-refractivity contribution in [3.05, 3.63) is 66.1 Å². The number of para-hydroxylation sites is 2. The van der Waals surface area contributed by atoms with E-state index in [0.29, 0.717) is 37.4 Å². The number of hydrogen-bond acceptors (Lipinski definition) is 4. The smallest absolute Gasteiger partial charge is 0.340 e. The van der Waals surface area contributed by atoms with E-state index in [4.69, 9.17) is 4.74 Å². The van der Waals surface area contributed by atoms with Gasteiger partial charge in [-0.05, 0) is 18.2 Å². The third kappa shape index (κ3) is 3.81. The molecule has 0 spiro atoms. The van der Waals surface area contributed by atoms with Crippen molar-refractivity contribution in [2.24, 2.45) is 7.05 Å². The predicted octanol–water partition coefficient (Wildman–Crippen LogP) is 2.82. The summed E-state index contributed by atoms with van der Waals surface area (Å²) in [6.07, 6.45) is 1.71. The second-order valence-electron chi connectivity index (χ2n) is 7.07. The first-order chi connectivity index (χ1) is 14.0. The topological polar surface area (TPSA) is 54.8 Å². The molecule has 1 aliphatic rings. The molecule has 2 aromatic carbocycles. The molecule has 0 bridgehead atoms. The summed E-state index contributed by atoms with van der Waals surface area (Å²) in [4.78, 5) is 28.5. The van der Waals surface area contributed by atoms with Crippen LogP contribution in [-0.4, -0.2) is 54.1 Å². The molecule has 2 heterocycles. The van der Waals surface area contributed by atoms with Gasteiger partial charge in [-0.15, -0.1) is 0 Å². The lowest BCUT2D eigenvalue weighted by atomic mass is 10.2. The zero-order chi connectivity index (χ0) is 20.4. The fourth-order valence-corrected chi connectivity index (χ4v) is 3.71. The second kappa shape index (κ2) is 7.95. The summed E-state index contributed by atoms with van der Waals surface area (Å²) in [5, 5.41) is 0.797. The summed E-state index contributed by atoms with van der Waals surface area (Å²) in [5.41, 5.74) is 1.91. The molecule has 0 atom stereocenters. The van der Waals surface area contributed by atoms with Crippen molar-refractivity contribution in [1.29, 1.82) is 0 Å². The predicted molar refractivity (Wildman–Crippen MR) is 108 cm³/mol. The molecule has 0 saturated carbocycles. The highest BCUT2D eigenvalue weighted by Crippen LogP contribution is 2.22. The summed E-state index contributed by atoms with van der Waals surface area (Å²) in [7, 11) is 1.86. The number of hydrogen-bond donors (Lipinski definition) is 0. The number of carbonyl (C=O) groups excluding carboxylic acids is 2. The zero-order valence-corrected chi connectivity index (χ0v) is 16.2. The molecule has 4 rings (SSSR count). The van der Waals surface area contributed by atoms with Crippen LogP contribution in [0.3, 0.4) is 0 Å². The second-order valence-corrected chi connectivity index (χ2v) is 7.07. The molecular formula is C22H22FN3O3. The summed E-state index contributed by atoms with van der Waals surface area (Å²) in [5.74, 6) is -1.02. The molecule has 0 radical (unpaired) electrons. The summed E-state index contributed by atoms with van der Waals surface area (Å²) >= 11 is 0. The summed E-state index contributed by atoms with van der Waals surface area (Å²) in [6.45, 7) is 1.67. The average Bonchev–Trinajstić information content (AvgIpc) is 3.09. The number of carbonyl (C=O) groups is 2. The number of ether oxygens (including phenoxy) is 1. The van der Waals surface area contributed by atoms with Crippen LogP contribution in [0.1, 0.15) is 10.4 Å². The van der Waals surface area contributed by atoms with Crippen LogP contribution in [0.25, 0.3) is 10.9 Å². The normalized spacial score (nSPS) is 14.3. The first kappa shape index (κ1) is 19.0. The molecule has 1 aliphatic heterocycles. The van der Waals surface area contributed by atoms with Gasteiger partial charge in [-0.25, -0.2) is 9.18 Å². The standard InChI is InChI=1S/C22H22FN3O3/c1-24-14-17(16-6-2-4-8-19(16)24)22(28)29-15-21(27)26-12-10-25(11-13-26)20-9-5-3-7-18(20)23/h2-9,14H,10-13,15H2,1H3. The van der Waals surface area contributed by atoms with Gasteiger partial charge in [0.05, 0.1) is 11.3 Å². The van der Waals surface area contributed by atoms with E-state index in [2.05, 4.69) is 0 Å². The van der Waals surface area contributed by atoms with Crippen LogP contribution in [0.4, 0.5) is 10.1 Å². The fraction of sp³-hybridized carbons (Fsp3) is 0.273. The number of amides is 1. The Balaban J connectivity index is 1.33. The van der Waals surface area contributed by atoms with Crippen LogP contribution in [0.2, 0.25) is 0 Å². The van der Waals surface area contributed by atoms with Gasteiger partial charge in [-0.2, -0.15) is 0 Å². The van der Waals surface area contributed by atoms with E-state index in [-0.39, 0.29) is 18.3 Å². The average molecular weight is 395 g/mol. The van der Waals surface area contributed by atoms with E-state index >= 15 is 0 Å². The van der Waals surface area contributed by atoms with Crippen molar-refractivity contribution in [3.8, 4) is 0 Å². The van der Waals surface area contributed by atoms with Gasteiger partial charge in [0, 0.05) is 50.3 Å². The zero-order valence-electron chi connectivity index (χ0n) is 16.2. The highest BCUT2D eigenvalue weighted by atomic mass is 19.1. The number of benzene rings is 2. The number of aryl methyl sites for hydroxylation is 1. The highest BCUT2D eigenvalue weighted by Gasteiger charge is 2.24. The van der Waals surface area contributed by atoms with E-state index in [1.807, 2.05) is 40.8 Å². The van der Waals surface area contributed by atoms with Crippen LogP contribution in [0.15, 0.2) is 54.7 Å². The first-order valence-electron chi connectivity index (χ1n) is 9.53. The number of rotatable bonds is 4. The lowest BCUT2D eigenvalue weighted by Gasteiger charge is -2.36. The highest BCUT2D eigenvalue weighted by molar-refractivity contribution is 6.04. The van der Waals surface area contributed by atoms with E-state index in [1.54, 1.807) is 29.3 Å². The Morgan fingerprint density at radius 1 is 1.00 bits per heavy atom. The molecule has 1 fully saturated rings. The molecule has 6 nitrogen and oxygen atoms in total. The number of anilines is 1. The molecule has 7 heteroatoms. The van der Waals surface area contributed by atoms with Gasteiger partial charge in [0.15, 0.2) is 6.61 Å². The maximum absolute atomic E-state index is 13.9. The fourth-order valence-electron chi connectivity index (χ4n) is 3.71. The third-order valence-electron chi connectivity index (χ3n) is 5.27. The summed E-state index contributed by atoms with van der Waals surface area (Å²) in [6, 6.07) is 14.2. The van der Waals surface area contributed by atoms with Gasteiger partial charge < -0.3 is 19.1 Å². The van der Waals surface area contributed by atoms with Crippen LogP contribution < -0.4 is 4.90 Å². The Bertz CT molecular complexity index is 1050. The molecule has 0 aliphatic carbocycles. The lowest BCUT2D eigenvalue weighted by molar-refractivity contribution is -0.134. The molecule has 0 unspecified atom stereocenters. The van der Waals surface area contributed by atoms with Crippen molar-refractivity contribution in [1.82, 2.24) is 9.47 Å². The van der Waals surface area contributed by atoms with Gasteiger partial charge >= 0.3 is 5.97 Å². The molecule has 0 N–H and O–H groups in total. The molecule has 29 heavy (non-hydrogen) atoms. The number of fused-ring (bicyclic) bond motifs is 1. The molecule has 1 amide bonds. The minimum atomic E-state index is -0.514. The maximum Gasteiger partial charge on any atom is 0.340 e. The Morgan fingerprint density at radius 2 is 1.69 bits per heavy atom. The number of aromatic nitrogens is 1. The molecule has 150 valence electrons. The molecule has 3 aromatic rings. The number of piperazine rings is 1. The van der Waals surface area contributed by atoms with Gasteiger partial charge in [-0.3, -0.25) is 4.79 Å². The Kier molecular flexibility index (Phi) is 5.20. The SMILES string of the molecule is Cn1cc(C(=O)OCC(=O)N2CCN(c3ccccc3F)CC2)c2ccccc21. The van der Waals surface area contributed by atoms with Crippen LogP contribution in [0, 0.1) is 5.82 Å². The van der Waals surface area contributed by atoms with Gasteiger partial charge in [-0.1, -0.05) is 30.3 Å². The van der Waals surface area contributed by atoms with E-state index < -0.39 is 5.97 Å². The van der Waals surface area contributed by atoms with Gasteiger partial charge in [0.25, 0.3) is 5.91 Å².